The fourth-order valence-corrected chi connectivity index (χ4v) is 3.62. The van der Waals surface area contributed by atoms with Crippen LogP contribution in [0.15, 0.2) is 52.2 Å². The van der Waals surface area contributed by atoms with Crippen molar-refractivity contribution in [1.82, 2.24) is 9.13 Å². The standard InChI is InChI=1S/C21H21N3O5S/c1-13(25)22-15-10-14(8-9-19(15)30-3)18(26)12-29-20(27)11-24-17-7-5-4-6-16(17)23(2)21(24)28/h4-10H,11-12H2,1-3H3,(H,22,25). The van der Waals surface area contributed by atoms with Gasteiger partial charge in [-0.05, 0) is 30.5 Å². The predicted octanol–water partition coefficient (Wildman–Crippen LogP) is 2.45. The Labute approximate surface area is 176 Å². The van der Waals surface area contributed by atoms with Gasteiger partial charge in [0.25, 0.3) is 0 Å². The highest BCUT2D eigenvalue weighted by Crippen LogP contribution is 2.26. The molecule has 1 amide bonds. The summed E-state index contributed by atoms with van der Waals surface area (Å²) in [6.07, 6.45) is 1.86. The van der Waals surface area contributed by atoms with Crippen LogP contribution >= 0.6 is 11.8 Å². The van der Waals surface area contributed by atoms with E-state index in [0.29, 0.717) is 22.3 Å². The van der Waals surface area contributed by atoms with Gasteiger partial charge in [0.2, 0.25) is 5.91 Å². The molecule has 0 fully saturated rings. The van der Waals surface area contributed by atoms with Gasteiger partial charge in [-0.25, -0.2) is 4.79 Å². The van der Waals surface area contributed by atoms with Crippen LogP contribution in [-0.2, 0) is 27.9 Å². The molecule has 3 aromatic rings. The lowest BCUT2D eigenvalue weighted by atomic mass is 10.1. The Kier molecular flexibility index (Phi) is 6.41. The number of benzene rings is 2. The maximum atomic E-state index is 12.5. The van der Waals surface area contributed by atoms with Gasteiger partial charge in [0.15, 0.2) is 12.4 Å². The van der Waals surface area contributed by atoms with Crippen LogP contribution in [0.3, 0.4) is 0 Å². The predicted molar refractivity (Wildman–Crippen MR) is 115 cm³/mol. The number of carbonyl (C=O) groups is 3. The number of carbonyl (C=O) groups excluding carboxylic acids is 3. The van der Waals surface area contributed by atoms with Crippen molar-refractivity contribution in [3.05, 3.63) is 58.5 Å². The summed E-state index contributed by atoms with van der Waals surface area (Å²) >= 11 is 1.44. The van der Waals surface area contributed by atoms with Gasteiger partial charge in [0.05, 0.1) is 16.7 Å². The number of nitrogens with zero attached hydrogens (tertiary/aromatic N) is 2. The lowest BCUT2D eigenvalue weighted by Crippen LogP contribution is -2.27. The lowest BCUT2D eigenvalue weighted by molar-refractivity contribution is -0.143. The van der Waals surface area contributed by atoms with Crippen LogP contribution in [0.2, 0.25) is 0 Å². The Balaban J connectivity index is 1.70. The molecule has 0 bridgehead atoms. The number of fused-ring (bicyclic) bond motifs is 1. The molecule has 0 aliphatic heterocycles. The average molecular weight is 427 g/mol. The van der Waals surface area contributed by atoms with Crippen LogP contribution in [-0.4, -0.2) is 39.7 Å². The molecule has 0 saturated heterocycles. The van der Waals surface area contributed by atoms with E-state index in [1.54, 1.807) is 49.5 Å². The number of ketones is 1. The number of amides is 1. The van der Waals surface area contributed by atoms with Gasteiger partial charge in [-0.1, -0.05) is 18.2 Å². The molecule has 0 atom stereocenters. The lowest BCUT2D eigenvalue weighted by Gasteiger charge is -2.10. The van der Waals surface area contributed by atoms with Crippen LogP contribution in [0.1, 0.15) is 17.3 Å². The third kappa shape index (κ3) is 4.46. The number of imidazole rings is 1. The topological polar surface area (TPSA) is 99.4 Å². The Bertz CT molecular complexity index is 1200. The van der Waals surface area contributed by atoms with E-state index in [1.165, 1.54) is 27.8 Å². The summed E-state index contributed by atoms with van der Waals surface area (Å²) in [6, 6.07) is 12.0. The highest BCUT2D eigenvalue weighted by Gasteiger charge is 2.16. The number of nitrogens with one attached hydrogen (secondary N) is 1. The molecule has 9 heteroatoms. The molecule has 8 nitrogen and oxygen atoms in total. The SMILES string of the molecule is CSc1ccc(C(=O)COC(=O)Cn2c(=O)n(C)c3ccccc32)cc1NC(C)=O. The van der Waals surface area contributed by atoms with Gasteiger partial charge < -0.3 is 10.1 Å². The van der Waals surface area contributed by atoms with E-state index in [4.69, 9.17) is 4.74 Å². The summed E-state index contributed by atoms with van der Waals surface area (Å²) in [7, 11) is 1.63. The highest BCUT2D eigenvalue weighted by atomic mass is 32.2. The maximum Gasteiger partial charge on any atom is 0.329 e. The minimum atomic E-state index is -0.690. The molecule has 0 aliphatic rings. The van der Waals surface area contributed by atoms with Crippen molar-refractivity contribution in [2.24, 2.45) is 7.05 Å². The smallest absolute Gasteiger partial charge is 0.329 e. The van der Waals surface area contributed by atoms with Crippen molar-refractivity contribution in [2.45, 2.75) is 18.4 Å². The monoisotopic (exact) mass is 427 g/mol. The third-order valence-electron chi connectivity index (χ3n) is 4.54. The number of aromatic nitrogens is 2. The molecule has 0 aliphatic carbocycles. The van der Waals surface area contributed by atoms with Gasteiger partial charge in [0.1, 0.15) is 6.54 Å². The second kappa shape index (κ2) is 9.00. The van der Waals surface area contributed by atoms with Gasteiger partial charge >= 0.3 is 11.7 Å². The fourth-order valence-electron chi connectivity index (χ4n) is 3.09. The number of thioether (sulfide) groups is 1. The second-order valence-electron chi connectivity index (χ2n) is 6.60. The minimum absolute atomic E-state index is 0.248. The van der Waals surface area contributed by atoms with E-state index in [9.17, 15) is 19.2 Å². The summed E-state index contributed by atoms with van der Waals surface area (Å²) < 4.78 is 7.86. The quantitative estimate of drug-likeness (QED) is 0.353. The first-order chi connectivity index (χ1) is 14.3. The first-order valence-electron chi connectivity index (χ1n) is 9.10. The summed E-state index contributed by atoms with van der Waals surface area (Å²) in [4.78, 5) is 49.3. The third-order valence-corrected chi connectivity index (χ3v) is 5.33. The van der Waals surface area contributed by atoms with E-state index < -0.39 is 18.4 Å². The van der Waals surface area contributed by atoms with Crippen LogP contribution < -0.4 is 11.0 Å². The Morgan fingerprint density at radius 2 is 1.80 bits per heavy atom. The highest BCUT2D eigenvalue weighted by molar-refractivity contribution is 7.98. The summed E-state index contributed by atoms with van der Waals surface area (Å²) in [5, 5.41) is 2.68. The molecule has 0 saturated carbocycles. The Morgan fingerprint density at radius 1 is 1.10 bits per heavy atom. The number of Topliss-reactive ketones (excluding diaryl/α,β-unsaturated/α-hetero) is 1. The van der Waals surface area contributed by atoms with Crippen LogP contribution in [0, 0.1) is 0 Å². The van der Waals surface area contributed by atoms with Crippen molar-refractivity contribution in [2.75, 3.05) is 18.2 Å². The summed E-state index contributed by atoms with van der Waals surface area (Å²) in [5.41, 5.74) is 1.81. The zero-order valence-corrected chi connectivity index (χ0v) is 17.6. The number of esters is 1. The van der Waals surface area contributed by atoms with Gasteiger partial charge in [-0.2, -0.15) is 0 Å². The number of para-hydroxylation sites is 2. The largest absolute Gasteiger partial charge is 0.456 e. The summed E-state index contributed by atoms with van der Waals surface area (Å²) in [5.74, 6) is -1.35. The first-order valence-corrected chi connectivity index (χ1v) is 10.3. The zero-order chi connectivity index (χ0) is 21.8. The number of aryl methyl sites for hydroxylation is 1. The molecular formula is C21H21N3O5S. The van der Waals surface area contributed by atoms with E-state index in [2.05, 4.69) is 5.32 Å². The minimum Gasteiger partial charge on any atom is -0.456 e. The number of hydrogen-bond donors (Lipinski definition) is 1. The van der Waals surface area contributed by atoms with Gasteiger partial charge in [0, 0.05) is 24.4 Å². The molecule has 0 unspecified atom stereocenters. The van der Waals surface area contributed by atoms with Crippen LogP contribution in [0.25, 0.3) is 11.0 Å². The molecular weight excluding hydrogens is 406 g/mol. The molecule has 0 spiro atoms. The molecule has 1 heterocycles. The zero-order valence-electron chi connectivity index (χ0n) is 16.8. The Hall–Kier alpha value is -3.33. The number of anilines is 1. The van der Waals surface area contributed by atoms with Crippen molar-refractivity contribution in [3.63, 3.8) is 0 Å². The Morgan fingerprint density at radius 3 is 2.47 bits per heavy atom. The second-order valence-corrected chi connectivity index (χ2v) is 7.44. The van der Waals surface area contributed by atoms with E-state index in [-0.39, 0.29) is 18.1 Å². The first kappa shape index (κ1) is 21.4. The summed E-state index contributed by atoms with van der Waals surface area (Å²) in [6.45, 7) is 0.627. The van der Waals surface area contributed by atoms with E-state index in [0.717, 1.165) is 4.90 Å². The number of rotatable bonds is 7. The van der Waals surface area contributed by atoms with Crippen LogP contribution in [0.5, 0.6) is 0 Å². The molecule has 1 aromatic heterocycles. The maximum absolute atomic E-state index is 12.5. The van der Waals surface area contributed by atoms with Gasteiger partial charge in [-0.15, -0.1) is 11.8 Å². The molecule has 1 N–H and O–H groups in total. The molecule has 156 valence electrons. The number of hydrogen-bond acceptors (Lipinski definition) is 6. The number of ether oxygens (including phenoxy) is 1. The van der Waals surface area contributed by atoms with Crippen molar-refractivity contribution in [3.8, 4) is 0 Å². The van der Waals surface area contributed by atoms with Gasteiger partial charge in [-0.3, -0.25) is 23.5 Å². The fraction of sp³-hybridized carbons (Fsp3) is 0.238. The van der Waals surface area contributed by atoms with Crippen molar-refractivity contribution >= 4 is 46.1 Å². The van der Waals surface area contributed by atoms with Crippen molar-refractivity contribution in [1.29, 1.82) is 0 Å². The molecule has 30 heavy (non-hydrogen) atoms. The average Bonchev–Trinajstić information content (AvgIpc) is 2.96. The van der Waals surface area contributed by atoms with Crippen LogP contribution in [0.4, 0.5) is 5.69 Å². The van der Waals surface area contributed by atoms with E-state index >= 15 is 0 Å². The molecule has 2 aromatic carbocycles. The van der Waals surface area contributed by atoms with E-state index in [1.807, 2.05) is 6.26 Å². The molecule has 3 rings (SSSR count). The normalized spacial score (nSPS) is 10.8. The molecule has 0 radical (unpaired) electrons. The van der Waals surface area contributed by atoms with Crippen molar-refractivity contribution < 1.29 is 19.1 Å².